The zero-order valence-corrected chi connectivity index (χ0v) is 11.1. The van der Waals surface area contributed by atoms with Crippen LogP contribution in [0.5, 0.6) is 0 Å². The van der Waals surface area contributed by atoms with E-state index in [1.807, 2.05) is 0 Å². The summed E-state index contributed by atoms with van der Waals surface area (Å²) in [7, 11) is 0. The molecule has 0 spiro atoms. The summed E-state index contributed by atoms with van der Waals surface area (Å²) >= 11 is 0. The molecule has 1 nitrogen and oxygen atoms in total. The van der Waals surface area contributed by atoms with Gasteiger partial charge in [0.2, 0.25) is 0 Å². The molecule has 1 unspecified atom stereocenters. The first-order chi connectivity index (χ1) is 9.42. The van der Waals surface area contributed by atoms with Gasteiger partial charge in [-0.2, -0.15) is 0 Å². The molecule has 5 rings (SSSR count). The fraction of sp³-hybridized carbons (Fsp3) is 0.333. The Morgan fingerprint density at radius 2 is 1.37 bits per heavy atom. The number of hydrogen-bond donors (Lipinski definition) is 0. The highest BCUT2D eigenvalue weighted by molar-refractivity contribution is 5.71. The van der Waals surface area contributed by atoms with Gasteiger partial charge in [-0.25, -0.2) is 0 Å². The topological polar surface area (TPSA) is 3.24 Å². The second kappa shape index (κ2) is 3.22. The highest BCUT2D eigenvalue weighted by Gasteiger charge is 2.63. The van der Waals surface area contributed by atoms with Crippen LogP contribution in [0.1, 0.15) is 41.4 Å². The van der Waals surface area contributed by atoms with Gasteiger partial charge in [0.1, 0.15) is 0 Å². The first kappa shape index (κ1) is 10.1. The van der Waals surface area contributed by atoms with Crippen molar-refractivity contribution in [1.82, 2.24) is 0 Å². The largest absolute Gasteiger partial charge is 0.367 e. The predicted octanol–water partition coefficient (Wildman–Crippen LogP) is 3.87. The van der Waals surface area contributed by atoms with Gasteiger partial charge in [-0.15, -0.1) is 0 Å². The molecule has 0 saturated heterocycles. The van der Waals surface area contributed by atoms with Crippen LogP contribution in [-0.2, 0) is 0 Å². The van der Waals surface area contributed by atoms with E-state index < -0.39 is 0 Å². The number of benzene rings is 2. The predicted molar refractivity (Wildman–Crippen MR) is 77.9 cm³/mol. The lowest BCUT2D eigenvalue weighted by atomic mass is 9.47. The van der Waals surface area contributed by atoms with Crippen LogP contribution in [0.25, 0.3) is 0 Å². The highest BCUT2D eigenvalue weighted by Crippen LogP contribution is 2.71. The Morgan fingerprint density at radius 1 is 0.789 bits per heavy atom. The monoisotopic (exact) mass is 247 g/mol. The molecule has 3 aliphatic rings. The average molecular weight is 247 g/mol. The van der Waals surface area contributed by atoms with Crippen molar-refractivity contribution < 1.29 is 0 Å². The standard InChI is InChI=1S/C18H17N/c1-2-19-14-10-6-5-9-13(14)17-15-11-7-3-4-8-12(11)16(15)18(17)19/h3-10,15-18H,2H2,1H3/t15-,16+,17-,18?/m0/s1. The Morgan fingerprint density at radius 3 is 2.11 bits per heavy atom. The average Bonchev–Trinajstić information content (AvgIpc) is 2.68. The van der Waals surface area contributed by atoms with Gasteiger partial charge in [-0.1, -0.05) is 42.5 Å². The number of fused-ring (bicyclic) bond motifs is 9. The molecule has 1 heterocycles. The van der Waals surface area contributed by atoms with Crippen molar-refractivity contribution in [1.29, 1.82) is 0 Å². The minimum Gasteiger partial charge on any atom is -0.367 e. The van der Waals surface area contributed by atoms with Gasteiger partial charge in [0, 0.05) is 36.0 Å². The van der Waals surface area contributed by atoms with E-state index in [9.17, 15) is 0 Å². The maximum Gasteiger partial charge on any atom is 0.0440 e. The molecular formula is C18H17N. The summed E-state index contributed by atoms with van der Waals surface area (Å²) in [5.74, 6) is 2.32. The zero-order chi connectivity index (χ0) is 12.6. The lowest BCUT2D eigenvalue weighted by Gasteiger charge is -2.59. The number of hydrogen-bond acceptors (Lipinski definition) is 1. The number of nitrogens with zero attached hydrogens (tertiary/aromatic N) is 1. The molecule has 0 radical (unpaired) electrons. The zero-order valence-electron chi connectivity index (χ0n) is 11.1. The summed E-state index contributed by atoms with van der Waals surface area (Å²) in [5, 5.41) is 0. The second-order valence-corrected chi connectivity index (χ2v) is 6.04. The molecule has 4 atom stereocenters. The molecule has 1 saturated carbocycles. The van der Waals surface area contributed by atoms with E-state index in [1.165, 1.54) is 5.69 Å². The Kier molecular flexibility index (Phi) is 1.71. The van der Waals surface area contributed by atoms with E-state index in [-0.39, 0.29) is 0 Å². The van der Waals surface area contributed by atoms with Crippen molar-refractivity contribution in [2.45, 2.75) is 30.7 Å². The first-order valence-electron chi connectivity index (χ1n) is 7.36. The smallest absolute Gasteiger partial charge is 0.0440 e. The van der Waals surface area contributed by atoms with Gasteiger partial charge < -0.3 is 4.90 Å². The third kappa shape index (κ3) is 0.971. The van der Waals surface area contributed by atoms with Gasteiger partial charge in [0.05, 0.1) is 0 Å². The van der Waals surface area contributed by atoms with E-state index in [2.05, 4.69) is 60.4 Å². The fourth-order valence-electron chi connectivity index (χ4n) is 4.85. The Bertz CT molecular complexity index is 675. The maximum atomic E-state index is 2.64. The van der Waals surface area contributed by atoms with Gasteiger partial charge in [-0.3, -0.25) is 0 Å². The quantitative estimate of drug-likeness (QED) is 0.739. The summed E-state index contributed by atoms with van der Waals surface area (Å²) in [5.41, 5.74) is 6.30. The minimum atomic E-state index is 0.724. The van der Waals surface area contributed by atoms with Crippen molar-refractivity contribution in [2.75, 3.05) is 11.4 Å². The summed E-state index contributed by atoms with van der Waals surface area (Å²) in [6.07, 6.45) is 0. The minimum absolute atomic E-state index is 0.724. The van der Waals surface area contributed by atoms with E-state index >= 15 is 0 Å². The lowest BCUT2D eigenvalue weighted by molar-refractivity contribution is 0.198. The Hall–Kier alpha value is -1.76. The second-order valence-electron chi connectivity index (χ2n) is 6.04. The van der Waals surface area contributed by atoms with Crippen molar-refractivity contribution in [3.63, 3.8) is 0 Å². The van der Waals surface area contributed by atoms with Crippen molar-refractivity contribution in [2.24, 2.45) is 0 Å². The number of likely N-dealkylation sites (N-methyl/N-ethyl adjacent to an activating group) is 1. The first-order valence-corrected chi connectivity index (χ1v) is 7.36. The molecular weight excluding hydrogens is 230 g/mol. The summed E-state index contributed by atoms with van der Waals surface area (Å²) in [6, 6.07) is 18.8. The molecule has 0 N–H and O–H groups in total. The number of anilines is 1. The molecule has 0 bridgehead atoms. The molecule has 19 heavy (non-hydrogen) atoms. The van der Waals surface area contributed by atoms with Crippen LogP contribution in [0.4, 0.5) is 5.69 Å². The summed E-state index contributed by atoms with van der Waals surface area (Å²) in [6.45, 7) is 3.42. The van der Waals surface area contributed by atoms with Crippen LogP contribution >= 0.6 is 0 Å². The fourth-order valence-corrected chi connectivity index (χ4v) is 4.85. The summed E-state index contributed by atoms with van der Waals surface area (Å²) < 4.78 is 0. The van der Waals surface area contributed by atoms with Crippen LogP contribution < -0.4 is 4.90 Å². The maximum absolute atomic E-state index is 2.64. The Balaban J connectivity index is 1.68. The number of para-hydroxylation sites is 1. The molecule has 1 fully saturated rings. The SMILES string of the molecule is CCN1c2ccccc2[C@@H]2C1[C@@H]1c3ccccc3[C@H]21. The molecule has 1 aliphatic heterocycles. The van der Waals surface area contributed by atoms with Gasteiger partial charge in [-0.05, 0) is 29.7 Å². The van der Waals surface area contributed by atoms with Crippen molar-refractivity contribution in [3.05, 3.63) is 65.2 Å². The molecule has 0 aromatic heterocycles. The van der Waals surface area contributed by atoms with Crippen LogP contribution in [0.15, 0.2) is 48.5 Å². The molecule has 94 valence electrons. The molecule has 0 amide bonds. The summed E-state index contributed by atoms with van der Waals surface area (Å²) in [4.78, 5) is 2.64. The third-order valence-electron chi connectivity index (χ3n) is 5.53. The van der Waals surface area contributed by atoms with Crippen molar-refractivity contribution in [3.8, 4) is 0 Å². The van der Waals surface area contributed by atoms with E-state index in [0.29, 0.717) is 0 Å². The van der Waals surface area contributed by atoms with Gasteiger partial charge in [0.25, 0.3) is 0 Å². The van der Waals surface area contributed by atoms with Gasteiger partial charge >= 0.3 is 0 Å². The van der Waals surface area contributed by atoms with E-state index in [1.54, 1.807) is 16.7 Å². The third-order valence-corrected chi connectivity index (χ3v) is 5.53. The molecule has 1 heteroatoms. The van der Waals surface area contributed by atoms with Crippen LogP contribution in [0, 0.1) is 0 Å². The molecule has 2 aromatic rings. The van der Waals surface area contributed by atoms with Crippen molar-refractivity contribution >= 4 is 5.69 Å². The lowest BCUT2D eigenvalue weighted by Crippen LogP contribution is -2.56. The molecule has 2 aromatic carbocycles. The number of rotatable bonds is 1. The molecule has 2 aliphatic carbocycles. The van der Waals surface area contributed by atoms with Crippen LogP contribution in [0.3, 0.4) is 0 Å². The Labute approximate surface area is 113 Å². The van der Waals surface area contributed by atoms with Crippen LogP contribution in [0.2, 0.25) is 0 Å². The van der Waals surface area contributed by atoms with E-state index in [4.69, 9.17) is 0 Å². The normalized spacial score (nSPS) is 32.6. The van der Waals surface area contributed by atoms with Gasteiger partial charge in [0.15, 0.2) is 0 Å². The van der Waals surface area contributed by atoms with Crippen LogP contribution in [-0.4, -0.2) is 12.6 Å². The van der Waals surface area contributed by atoms with E-state index in [0.717, 1.165) is 30.3 Å². The highest BCUT2D eigenvalue weighted by atomic mass is 15.2.